The molecule has 4 heteroatoms. The Kier molecular flexibility index (Phi) is 5.91. The van der Waals surface area contributed by atoms with E-state index in [2.05, 4.69) is 34.2 Å². The first-order valence-corrected chi connectivity index (χ1v) is 8.11. The van der Waals surface area contributed by atoms with Gasteiger partial charge in [0.15, 0.2) is 0 Å². The van der Waals surface area contributed by atoms with Gasteiger partial charge in [-0.3, -0.25) is 0 Å². The van der Waals surface area contributed by atoms with Gasteiger partial charge in [0, 0.05) is 14.5 Å². The average Bonchev–Trinajstić information content (AvgIpc) is 2.42. The van der Waals surface area contributed by atoms with Gasteiger partial charge in [-0.1, -0.05) is 70.3 Å². The van der Waals surface area contributed by atoms with Crippen LogP contribution < -0.4 is 5.32 Å². The Hall–Kier alpha value is -0.540. The molecule has 0 saturated carbocycles. The van der Waals surface area contributed by atoms with Crippen molar-refractivity contribution in [3.05, 3.63) is 68.1 Å². The molecule has 0 heterocycles. The molecule has 0 aliphatic carbocycles. The fourth-order valence-corrected chi connectivity index (χ4v) is 3.28. The smallest absolute Gasteiger partial charge is 0.0602 e. The molecule has 1 N–H and O–H groups in total. The van der Waals surface area contributed by atoms with Crippen molar-refractivity contribution < 1.29 is 0 Å². The standard InChI is InChI=1S/C16H16BrCl2N/c1-2-9-20-16(13-5-3-4-6-15(13)19)12-8-7-11(18)10-14(12)17/h3-8,10,16,20H,2,9H2,1H3. The summed E-state index contributed by atoms with van der Waals surface area (Å²) in [7, 11) is 0. The van der Waals surface area contributed by atoms with E-state index in [9.17, 15) is 0 Å². The Bertz CT molecular complexity index is 586. The molecule has 0 spiro atoms. The lowest BCUT2D eigenvalue weighted by Gasteiger charge is -2.22. The highest BCUT2D eigenvalue weighted by Crippen LogP contribution is 2.33. The second-order valence-electron chi connectivity index (χ2n) is 4.57. The summed E-state index contributed by atoms with van der Waals surface area (Å²) < 4.78 is 0.985. The van der Waals surface area contributed by atoms with E-state index in [0.29, 0.717) is 5.02 Å². The lowest BCUT2D eigenvalue weighted by atomic mass is 9.98. The molecule has 2 aromatic rings. The molecular weight excluding hydrogens is 357 g/mol. The topological polar surface area (TPSA) is 12.0 Å². The SMILES string of the molecule is CCCNC(c1ccccc1Cl)c1ccc(Cl)cc1Br. The molecule has 0 aliphatic heterocycles. The van der Waals surface area contributed by atoms with Gasteiger partial charge in [-0.05, 0) is 42.3 Å². The predicted molar refractivity (Wildman–Crippen MR) is 90.7 cm³/mol. The maximum absolute atomic E-state index is 6.35. The van der Waals surface area contributed by atoms with Crippen LogP contribution >= 0.6 is 39.1 Å². The summed E-state index contributed by atoms with van der Waals surface area (Å²) in [5.41, 5.74) is 2.21. The van der Waals surface area contributed by atoms with Gasteiger partial charge in [-0.25, -0.2) is 0 Å². The van der Waals surface area contributed by atoms with E-state index in [-0.39, 0.29) is 6.04 Å². The molecule has 0 aliphatic rings. The van der Waals surface area contributed by atoms with E-state index in [1.165, 1.54) is 0 Å². The van der Waals surface area contributed by atoms with E-state index in [4.69, 9.17) is 23.2 Å². The van der Waals surface area contributed by atoms with E-state index in [1.54, 1.807) is 0 Å². The summed E-state index contributed by atoms with van der Waals surface area (Å²) in [6, 6.07) is 13.8. The number of benzene rings is 2. The Balaban J connectivity index is 2.44. The second-order valence-corrected chi connectivity index (χ2v) is 6.27. The third kappa shape index (κ3) is 3.76. The number of hydrogen-bond acceptors (Lipinski definition) is 1. The lowest BCUT2D eigenvalue weighted by molar-refractivity contribution is 0.597. The van der Waals surface area contributed by atoms with E-state index in [0.717, 1.165) is 33.6 Å². The van der Waals surface area contributed by atoms with Crippen molar-refractivity contribution in [3.63, 3.8) is 0 Å². The Morgan fingerprint density at radius 3 is 2.50 bits per heavy atom. The quantitative estimate of drug-likeness (QED) is 0.694. The van der Waals surface area contributed by atoms with Crippen LogP contribution in [0.15, 0.2) is 46.9 Å². The van der Waals surface area contributed by atoms with Gasteiger partial charge in [0.05, 0.1) is 6.04 Å². The summed E-state index contributed by atoms with van der Waals surface area (Å²) in [6.07, 6.45) is 1.06. The molecule has 1 unspecified atom stereocenters. The number of rotatable bonds is 5. The van der Waals surface area contributed by atoms with Crippen molar-refractivity contribution in [1.82, 2.24) is 5.32 Å². The molecule has 0 bridgehead atoms. The highest BCUT2D eigenvalue weighted by Gasteiger charge is 2.18. The van der Waals surface area contributed by atoms with Gasteiger partial charge in [0.1, 0.15) is 0 Å². The van der Waals surface area contributed by atoms with Crippen molar-refractivity contribution in [2.75, 3.05) is 6.54 Å². The molecule has 2 rings (SSSR count). The van der Waals surface area contributed by atoms with Crippen LogP contribution in [0.3, 0.4) is 0 Å². The molecule has 1 atom stereocenters. The van der Waals surface area contributed by atoms with E-state index >= 15 is 0 Å². The normalized spacial score (nSPS) is 12.4. The molecule has 106 valence electrons. The van der Waals surface area contributed by atoms with Gasteiger partial charge < -0.3 is 5.32 Å². The van der Waals surface area contributed by atoms with Crippen LogP contribution in [0.25, 0.3) is 0 Å². The third-order valence-corrected chi connectivity index (χ3v) is 4.35. The average molecular weight is 373 g/mol. The van der Waals surface area contributed by atoms with Crippen LogP contribution in [0.4, 0.5) is 0 Å². The van der Waals surface area contributed by atoms with Crippen LogP contribution in [0.1, 0.15) is 30.5 Å². The van der Waals surface area contributed by atoms with Crippen LogP contribution in [-0.4, -0.2) is 6.54 Å². The fourth-order valence-electron chi connectivity index (χ4n) is 2.12. The predicted octanol–water partition coefficient (Wildman–Crippen LogP) is 5.84. The van der Waals surface area contributed by atoms with Gasteiger partial charge in [-0.2, -0.15) is 0 Å². The van der Waals surface area contributed by atoms with Gasteiger partial charge >= 0.3 is 0 Å². The first-order chi connectivity index (χ1) is 9.63. The van der Waals surface area contributed by atoms with Gasteiger partial charge in [-0.15, -0.1) is 0 Å². The first-order valence-electron chi connectivity index (χ1n) is 6.56. The maximum atomic E-state index is 6.35. The highest BCUT2D eigenvalue weighted by atomic mass is 79.9. The van der Waals surface area contributed by atoms with E-state index < -0.39 is 0 Å². The molecule has 0 saturated heterocycles. The van der Waals surface area contributed by atoms with Crippen molar-refractivity contribution >= 4 is 39.1 Å². The molecule has 0 aromatic heterocycles. The zero-order valence-electron chi connectivity index (χ0n) is 11.2. The van der Waals surface area contributed by atoms with Crippen LogP contribution in [0.5, 0.6) is 0 Å². The number of nitrogens with one attached hydrogen (secondary N) is 1. The zero-order valence-corrected chi connectivity index (χ0v) is 14.3. The van der Waals surface area contributed by atoms with Gasteiger partial charge in [0.2, 0.25) is 0 Å². The maximum Gasteiger partial charge on any atom is 0.0602 e. The zero-order chi connectivity index (χ0) is 14.5. The summed E-state index contributed by atoms with van der Waals surface area (Å²) in [6.45, 7) is 3.07. The Morgan fingerprint density at radius 2 is 1.85 bits per heavy atom. The number of halogens is 3. The third-order valence-electron chi connectivity index (χ3n) is 3.09. The summed E-state index contributed by atoms with van der Waals surface area (Å²) in [5.74, 6) is 0. The highest BCUT2D eigenvalue weighted by molar-refractivity contribution is 9.10. The minimum Gasteiger partial charge on any atom is -0.306 e. The number of hydrogen-bond donors (Lipinski definition) is 1. The minimum absolute atomic E-state index is 0.0512. The minimum atomic E-state index is 0.0512. The summed E-state index contributed by atoms with van der Waals surface area (Å²) in [5, 5.41) is 5.03. The molecule has 0 fully saturated rings. The Morgan fingerprint density at radius 1 is 1.10 bits per heavy atom. The molecular formula is C16H16BrCl2N. The van der Waals surface area contributed by atoms with Crippen molar-refractivity contribution in [1.29, 1.82) is 0 Å². The fraction of sp³-hybridized carbons (Fsp3) is 0.250. The Labute approximate surface area is 138 Å². The second kappa shape index (κ2) is 7.46. The molecule has 2 aromatic carbocycles. The van der Waals surface area contributed by atoms with Crippen molar-refractivity contribution in [3.8, 4) is 0 Å². The molecule has 0 radical (unpaired) electrons. The van der Waals surface area contributed by atoms with Crippen LogP contribution in [-0.2, 0) is 0 Å². The molecule has 1 nitrogen and oxygen atoms in total. The van der Waals surface area contributed by atoms with Gasteiger partial charge in [0.25, 0.3) is 0 Å². The van der Waals surface area contributed by atoms with Crippen molar-refractivity contribution in [2.24, 2.45) is 0 Å². The van der Waals surface area contributed by atoms with Crippen LogP contribution in [0, 0.1) is 0 Å². The molecule has 0 amide bonds. The lowest BCUT2D eigenvalue weighted by Crippen LogP contribution is -2.23. The monoisotopic (exact) mass is 371 g/mol. The first kappa shape index (κ1) is 15.8. The van der Waals surface area contributed by atoms with Crippen LogP contribution in [0.2, 0.25) is 10.0 Å². The summed E-state index contributed by atoms with van der Waals surface area (Å²) in [4.78, 5) is 0. The van der Waals surface area contributed by atoms with Crippen molar-refractivity contribution in [2.45, 2.75) is 19.4 Å². The molecule has 20 heavy (non-hydrogen) atoms. The largest absolute Gasteiger partial charge is 0.306 e. The van der Waals surface area contributed by atoms with E-state index in [1.807, 2.05) is 36.4 Å². The summed E-state index contributed by atoms with van der Waals surface area (Å²) >= 11 is 16.0.